The van der Waals surface area contributed by atoms with Crippen LogP contribution in [0.4, 0.5) is 0 Å². The molecule has 0 aliphatic heterocycles. The lowest BCUT2D eigenvalue weighted by molar-refractivity contribution is 0.0935. The fourth-order valence-electron chi connectivity index (χ4n) is 3.22. The molecule has 2 aromatic carbocycles. The standard InChI is InChI=1S/C20H23NO/c1-2-19(21-20(22)16-9-4-3-5-10-16)18-13-12-15-8-6-7-11-17(15)14-18/h3-5,9-10,12-14,19H,2,6-8,11H2,1H3,(H,21,22)/t19-/m1/s1. The van der Waals surface area contributed by atoms with Gasteiger partial charge in [-0.25, -0.2) is 0 Å². The average Bonchev–Trinajstić information content (AvgIpc) is 2.59. The molecule has 1 aliphatic rings. The Balaban J connectivity index is 1.78. The van der Waals surface area contributed by atoms with Gasteiger partial charge in [-0.3, -0.25) is 4.79 Å². The number of amides is 1. The number of hydrogen-bond acceptors (Lipinski definition) is 1. The van der Waals surface area contributed by atoms with Crippen molar-refractivity contribution in [2.24, 2.45) is 0 Å². The first-order chi connectivity index (χ1) is 10.8. The Hall–Kier alpha value is -2.09. The number of carbonyl (C=O) groups excluding carboxylic acids is 1. The Morgan fingerprint density at radius 2 is 1.77 bits per heavy atom. The minimum atomic E-state index is 0.00479. The highest BCUT2D eigenvalue weighted by atomic mass is 16.1. The Morgan fingerprint density at radius 1 is 1.05 bits per heavy atom. The second-order valence-corrected chi connectivity index (χ2v) is 6.04. The Labute approximate surface area is 132 Å². The number of fused-ring (bicyclic) bond motifs is 1. The van der Waals surface area contributed by atoms with Gasteiger partial charge in [-0.2, -0.15) is 0 Å². The summed E-state index contributed by atoms with van der Waals surface area (Å²) in [5.74, 6) is 0.00479. The van der Waals surface area contributed by atoms with Crippen molar-refractivity contribution in [2.75, 3.05) is 0 Å². The van der Waals surface area contributed by atoms with Crippen LogP contribution >= 0.6 is 0 Å². The van der Waals surface area contributed by atoms with E-state index in [1.54, 1.807) is 0 Å². The second-order valence-electron chi connectivity index (χ2n) is 6.04. The molecular formula is C20H23NO. The van der Waals surface area contributed by atoms with Crippen LogP contribution in [0.25, 0.3) is 0 Å². The first-order valence-electron chi connectivity index (χ1n) is 8.25. The number of benzene rings is 2. The van der Waals surface area contributed by atoms with Crippen molar-refractivity contribution in [3.63, 3.8) is 0 Å². The molecule has 0 spiro atoms. The molecule has 0 heterocycles. The summed E-state index contributed by atoms with van der Waals surface area (Å²) >= 11 is 0. The third-order valence-electron chi connectivity index (χ3n) is 4.52. The highest BCUT2D eigenvalue weighted by molar-refractivity contribution is 5.94. The van der Waals surface area contributed by atoms with E-state index in [2.05, 4.69) is 30.4 Å². The zero-order valence-corrected chi connectivity index (χ0v) is 13.1. The van der Waals surface area contributed by atoms with Gasteiger partial charge < -0.3 is 5.32 Å². The van der Waals surface area contributed by atoms with Crippen LogP contribution in [0.3, 0.4) is 0 Å². The summed E-state index contributed by atoms with van der Waals surface area (Å²) in [6.07, 6.45) is 5.85. The minimum absolute atomic E-state index is 0.00479. The molecule has 2 nitrogen and oxygen atoms in total. The maximum atomic E-state index is 12.4. The van der Waals surface area contributed by atoms with Gasteiger partial charge in [0, 0.05) is 5.56 Å². The fourth-order valence-corrected chi connectivity index (χ4v) is 3.22. The topological polar surface area (TPSA) is 29.1 Å². The fraction of sp³-hybridized carbons (Fsp3) is 0.350. The van der Waals surface area contributed by atoms with E-state index in [1.165, 1.54) is 42.4 Å². The van der Waals surface area contributed by atoms with Gasteiger partial charge in [-0.05, 0) is 60.9 Å². The van der Waals surface area contributed by atoms with E-state index in [-0.39, 0.29) is 11.9 Å². The van der Waals surface area contributed by atoms with Gasteiger partial charge in [-0.15, -0.1) is 0 Å². The lowest BCUT2D eigenvalue weighted by Crippen LogP contribution is -2.28. The summed E-state index contributed by atoms with van der Waals surface area (Å²) in [5, 5.41) is 3.17. The molecule has 1 amide bonds. The van der Waals surface area contributed by atoms with E-state index in [4.69, 9.17) is 0 Å². The molecule has 1 aliphatic carbocycles. The van der Waals surface area contributed by atoms with E-state index < -0.39 is 0 Å². The SMILES string of the molecule is CC[C@@H](NC(=O)c1ccccc1)c1ccc2c(c1)CCCC2. The third-order valence-corrected chi connectivity index (χ3v) is 4.52. The largest absolute Gasteiger partial charge is 0.345 e. The van der Waals surface area contributed by atoms with Gasteiger partial charge in [0.2, 0.25) is 0 Å². The van der Waals surface area contributed by atoms with E-state index in [9.17, 15) is 4.79 Å². The number of carbonyl (C=O) groups is 1. The molecule has 0 fully saturated rings. The third kappa shape index (κ3) is 3.22. The molecular weight excluding hydrogens is 270 g/mol. The molecule has 2 aromatic rings. The van der Waals surface area contributed by atoms with E-state index >= 15 is 0 Å². The van der Waals surface area contributed by atoms with Gasteiger partial charge in [-0.1, -0.05) is 43.3 Å². The average molecular weight is 293 g/mol. The minimum Gasteiger partial charge on any atom is -0.345 e. The summed E-state index contributed by atoms with van der Waals surface area (Å²) in [7, 11) is 0. The smallest absolute Gasteiger partial charge is 0.251 e. The van der Waals surface area contributed by atoms with Crippen LogP contribution in [0.15, 0.2) is 48.5 Å². The van der Waals surface area contributed by atoms with Crippen molar-refractivity contribution in [3.05, 3.63) is 70.8 Å². The van der Waals surface area contributed by atoms with Crippen LogP contribution in [-0.2, 0) is 12.8 Å². The molecule has 1 N–H and O–H groups in total. The quantitative estimate of drug-likeness (QED) is 0.886. The summed E-state index contributed by atoms with van der Waals surface area (Å²) in [5.41, 5.74) is 4.90. The zero-order valence-electron chi connectivity index (χ0n) is 13.1. The monoisotopic (exact) mass is 293 g/mol. The van der Waals surface area contributed by atoms with Crippen LogP contribution in [0, 0.1) is 0 Å². The molecule has 0 unspecified atom stereocenters. The molecule has 22 heavy (non-hydrogen) atoms. The predicted octanol–water partition coefficient (Wildman–Crippen LogP) is 4.45. The van der Waals surface area contributed by atoms with Crippen molar-refractivity contribution in [3.8, 4) is 0 Å². The molecule has 0 saturated heterocycles. The summed E-state index contributed by atoms with van der Waals surface area (Å²) in [6, 6.07) is 16.3. The van der Waals surface area contributed by atoms with Gasteiger partial charge in [0.25, 0.3) is 5.91 Å². The van der Waals surface area contributed by atoms with Crippen LogP contribution in [0.2, 0.25) is 0 Å². The van der Waals surface area contributed by atoms with Crippen LogP contribution in [0.5, 0.6) is 0 Å². The van der Waals surface area contributed by atoms with Crippen molar-refractivity contribution >= 4 is 5.91 Å². The van der Waals surface area contributed by atoms with E-state index in [0.29, 0.717) is 0 Å². The molecule has 0 aromatic heterocycles. The van der Waals surface area contributed by atoms with Crippen LogP contribution in [0.1, 0.15) is 59.3 Å². The molecule has 1 atom stereocenters. The molecule has 0 radical (unpaired) electrons. The highest BCUT2D eigenvalue weighted by Gasteiger charge is 2.16. The van der Waals surface area contributed by atoms with Crippen molar-refractivity contribution < 1.29 is 4.79 Å². The van der Waals surface area contributed by atoms with Crippen LogP contribution < -0.4 is 5.32 Å². The molecule has 3 rings (SSSR count). The van der Waals surface area contributed by atoms with E-state index in [0.717, 1.165) is 12.0 Å². The van der Waals surface area contributed by atoms with Crippen molar-refractivity contribution in [1.29, 1.82) is 0 Å². The number of rotatable bonds is 4. The van der Waals surface area contributed by atoms with Crippen molar-refractivity contribution in [1.82, 2.24) is 5.32 Å². The first kappa shape index (κ1) is 14.8. The summed E-state index contributed by atoms with van der Waals surface area (Å²) < 4.78 is 0. The van der Waals surface area contributed by atoms with Crippen LogP contribution in [-0.4, -0.2) is 5.91 Å². The highest BCUT2D eigenvalue weighted by Crippen LogP contribution is 2.26. The predicted molar refractivity (Wildman–Crippen MR) is 90.0 cm³/mol. The van der Waals surface area contributed by atoms with Gasteiger partial charge in [0.1, 0.15) is 0 Å². The summed E-state index contributed by atoms with van der Waals surface area (Å²) in [4.78, 5) is 12.4. The molecule has 114 valence electrons. The normalized spacial score (nSPS) is 15.0. The molecule has 2 heteroatoms. The molecule has 0 bridgehead atoms. The number of nitrogens with one attached hydrogen (secondary N) is 1. The van der Waals surface area contributed by atoms with Gasteiger partial charge in [0.05, 0.1) is 6.04 Å². The Morgan fingerprint density at radius 3 is 2.50 bits per heavy atom. The van der Waals surface area contributed by atoms with E-state index in [1.807, 2.05) is 30.3 Å². The number of hydrogen-bond donors (Lipinski definition) is 1. The zero-order chi connectivity index (χ0) is 15.4. The maximum Gasteiger partial charge on any atom is 0.251 e. The van der Waals surface area contributed by atoms with Crippen molar-refractivity contribution in [2.45, 2.75) is 45.1 Å². The lowest BCUT2D eigenvalue weighted by atomic mass is 9.88. The molecule has 0 saturated carbocycles. The maximum absolute atomic E-state index is 12.4. The first-order valence-corrected chi connectivity index (χ1v) is 8.25. The Bertz CT molecular complexity index is 648. The summed E-state index contributed by atoms with van der Waals surface area (Å²) in [6.45, 7) is 2.12. The van der Waals surface area contributed by atoms with Gasteiger partial charge in [0.15, 0.2) is 0 Å². The number of aryl methyl sites for hydroxylation is 2. The Kier molecular flexibility index (Phi) is 4.57. The second kappa shape index (κ2) is 6.78. The lowest BCUT2D eigenvalue weighted by Gasteiger charge is -2.21. The van der Waals surface area contributed by atoms with Gasteiger partial charge >= 0.3 is 0 Å².